The molecule has 0 aliphatic carbocycles. The Labute approximate surface area is 182 Å². The average molecular weight is 416 g/mol. The number of unbranched alkanes of at least 4 members (excludes halogenated alkanes) is 9. The molecule has 0 aromatic rings. The fourth-order valence-corrected chi connectivity index (χ4v) is 3.26. The Morgan fingerprint density at radius 3 is 1.68 bits per heavy atom. The van der Waals surface area contributed by atoms with Crippen molar-refractivity contribution >= 4 is 18.6 Å². The molecule has 0 aromatic heterocycles. The minimum atomic E-state index is -0.101. The van der Waals surface area contributed by atoms with Crippen molar-refractivity contribution in [3.63, 3.8) is 0 Å². The zero-order valence-corrected chi connectivity index (χ0v) is 20.3. The molecule has 0 aliphatic rings. The summed E-state index contributed by atoms with van der Waals surface area (Å²) in [5, 5.41) is 0. The van der Waals surface area contributed by atoms with Gasteiger partial charge in [0.1, 0.15) is 0 Å². The lowest BCUT2D eigenvalue weighted by Crippen LogP contribution is -2.06. The van der Waals surface area contributed by atoms with E-state index in [9.17, 15) is 4.79 Å². The van der Waals surface area contributed by atoms with Gasteiger partial charge in [-0.2, -0.15) is 0 Å². The quantitative estimate of drug-likeness (QED) is 0.118. The molecule has 0 saturated heterocycles. The number of hydrogen-bond acceptors (Lipinski definition) is 4. The van der Waals surface area contributed by atoms with Gasteiger partial charge < -0.3 is 10.5 Å². The van der Waals surface area contributed by atoms with E-state index in [1.807, 2.05) is 6.92 Å². The topological polar surface area (TPSA) is 52.3 Å². The molecule has 0 unspecified atom stereocenters. The number of rotatable bonds is 16. The van der Waals surface area contributed by atoms with E-state index in [2.05, 4.69) is 32.7 Å². The molecule has 4 heteroatoms. The van der Waals surface area contributed by atoms with Gasteiger partial charge in [-0.1, -0.05) is 71.6 Å². The van der Waals surface area contributed by atoms with Gasteiger partial charge in [0, 0.05) is 0 Å². The summed E-state index contributed by atoms with van der Waals surface area (Å²) < 4.78 is 5.13. The highest BCUT2D eigenvalue weighted by atomic mass is 32.1. The van der Waals surface area contributed by atoms with Crippen molar-refractivity contribution in [1.82, 2.24) is 0 Å². The number of ether oxygens (including phenoxy) is 1. The van der Waals surface area contributed by atoms with Crippen LogP contribution >= 0.6 is 12.6 Å². The average Bonchev–Trinajstić information content (AvgIpc) is 2.72. The summed E-state index contributed by atoms with van der Waals surface area (Å²) in [5.41, 5.74) is 5.71. The predicted octanol–water partition coefficient (Wildman–Crippen LogP) is 7.61. The van der Waals surface area contributed by atoms with E-state index >= 15 is 0 Å². The van der Waals surface area contributed by atoms with Gasteiger partial charge in [-0.05, 0) is 50.1 Å². The van der Waals surface area contributed by atoms with Gasteiger partial charge in [-0.25, -0.2) is 0 Å². The Morgan fingerprint density at radius 1 is 0.786 bits per heavy atom. The van der Waals surface area contributed by atoms with Crippen LogP contribution in [-0.4, -0.2) is 19.6 Å². The molecule has 0 aliphatic heterocycles. The van der Waals surface area contributed by atoms with Crippen molar-refractivity contribution in [3.05, 3.63) is 23.6 Å². The van der Waals surface area contributed by atoms with Gasteiger partial charge >= 0.3 is 5.97 Å². The van der Waals surface area contributed by atoms with Crippen LogP contribution in [-0.2, 0) is 9.53 Å². The highest BCUT2D eigenvalue weighted by molar-refractivity contribution is 7.84. The maximum Gasteiger partial charge on any atom is 0.309 e. The Balaban J connectivity index is -0.00000146. The molecular weight excluding hydrogens is 366 g/mol. The van der Waals surface area contributed by atoms with E-state index in [0.717, 1.165) is 17.7 Å². The van der Waals surface area contributed by atoms with Crippen LogP contribution in [0.3, 0.4) is 0 Å². The highest BCUT2D eigenvalue weighted by Gasteiger charge is 2.11. The van der Waals surface area contributed by atoms with E-state index in [0.29, 0.717) is 13.0 Å². The lowest BCUT2D eigenvalue weighted by Gasteiger charge is -2.12. The first-order valence-corrected chi connectivity index (χ1v) is 11.7. The predicted molar refractivity (Wildman–Crippen MR) is 130 cm³/mol. The van der Waals surface area contributed by atoms with Crippen molar-refractivity contribution in [2.45, 2.75) is 111 Å². The number of esters is 1. The molecule has 0 rings (SSSR count). The third kappa shape index (κ3) is 23.3. The van der Waals surface area contributed by atoms with Gasteiger partial charge in [0.2, 0.25) is 0 Å². The first kappa shape index (κ1) is 31.9. The fourth-order valence-electron chi connectivity index (χ4n) is 2.91. The minimum Gasteiger partial charge on any atom is -0.466 e. The van der Waals surface area contributed by atoms with Gasteiger partial charge in [-0.3, -0.25) is 4.79 Å². The standard InChI is InChI=1S/C21H40O2S.C2H4.CH5N/c1-4-7-9-11-13-14-16-19(18-21(22)23-6-3)20(24)17-15-12-10-8-5-2;2*1-2/h24H,4-18H2,1-3H3;1-2H2;2H2,1H3/b20-19-;;. The number of nitrogens with two attached hydrogens (primary N) is 1. The van der Waals surface area contributed by atoms with Crippen LogP contribution in [0, 0.1) is 0 Å². The number of hydrogen-bond donors (Lipinski definition) is 2. The Kier molecular flexibility index (Phi) is 32.5. The number of allylic oxidation sites excluding steroid dienone is 1. The molecule has 0 aromatic carbocycles. The van der Waals surface area contributed by atoms with Crippen molar-refractivity contribution in [1.29, 1.82) is 0 Å². The molecule has 0 atom stereocenters. The minimum absolute atomic E-state index is 0.101. The van der Waals surface area contributed by atoms with Crippen LogP contribution in [0.4, 0.5) is 0 Å². The summed E-state index contributed by atoms with van der Waals surface area (Å²) >= 11 is 4.72. The Hall–Kier alpha value is -0.740. The van der Waals surface area contributed by atoms with Crippen LogP contribution in [0.15, 0.2) is 23.6 Å². The molecule has 0 amide bonds. The molecule has 28 heavy (non-hydrogen) atoms. The third-order valence-electron chi connectivity index (χ3n) is 4.42. The first-order chi connectivity index (χ1) is 13.7. The summed E-state index contributed by atoms with van der Waals surface area (Å²) in [6.45, 7) is 12.8. The summed E-state index contributed by atoms with van der Waals surface area (Å²) in [7, 11) is 1.50. The maximum atomic E-state index is 11.9. The second-order valence-electron chi connectivity index (χ2n) is 6.71. The van der Waals surface area contributed by atoms with Crippen LogP contribution in [0.1, 0.15) is 111 Å². The van der Waals surface area contributed by atoms with Crippen molar-refractivity contribution in [2.75, 3.05) is 13.7 Å². The van der Waals surface area contributed by atoms with E-state index in [1.165, 1.54) is 83.2 Å². The zero-order chi connectivity index (χ0) is 22.0. The first-order valence-electron chi connectivity index (χ1n) is 11.3. The largest absolute Gasteiger partial charge is 0.466 e. The maximum absolute atomic E-state index is 11.9. The van der Waals surface area contributed by atoms with Crippen molar-refractivity contribution in [3.8, 4) is 0 Å². The van der Waals surface area contributed by atoms with Gasteiger partial charge in [0.15, 0.2) is 0 Å². The molecule has 168 valence electrons. The highest BCUT2D eigenvalue weighted by Crippen LogP contribution is 2.25. The van der Waals surface area contributed by atoms with E-state index < -0.39 is 0 Å². The second kappa shape index (κ2) is 28.5. The van der Waals surface area contributed by atoms with E-state index in [1.54, 1.807) is 0 Å². The van der Waals surface area contributed by atoms with Crippen molar-refractivity contribution in [2.24, 2.45) is 5.73 Å². The monoisotopic (exact) mass is 415 g/mol. The lowest BCUT2D eigenvalue weighted by atomic mass is 10.0. The molecule has 0 fully saturated rings. The smallest absolute Gasteiger partial charge is 0.309 e. The summed E-state index contributed by atoms with van der Waals surface area (Å²) in [6, 6.07) is 0. The molecule has 0 radical (unpaired) electrons. The normalized spacial score (nSPS) is 10.8. The molecule has 2 N–H and O–H groups in total. The van der Waals surface area contributed by atoms with Gasteiger partial charge in [0.25, 0.3) is 0 Å². The summed E-state index contributed by atoms with van der Waals surface area (Å²) in [6.07, 6.45) is 16.5. The number of thiol groups is 1. The van der Waals surface area contributed by atoms with Crippen LogP contribution in [0.25, 0.3) is 0 Å². The van der Waals surface area contributed by atoms with Gasteiger partial charge in [0.05, 0.1) is 13.0 Å². The number of carbonyl (C=O) groups is 1. The molecule has 0 spiro atoms. The van der Waals surface area contributed by atoms with Crippen molar-refractivity contribution < 1.29 is 9.53 Å². The Morgan fingerprint density at radius 2 is 1.21 bits per heavy atom. The lowest BCUT2D eigenvalue weighted by molar-refractivity contribution is -0.142. The van der Waals surface area contributed by atoms with E-state index in [-0.39, 0.29) is 5.97 Å². The molecule has 0 saturated carbocycles. The molecule has 0 heterocycles. The molecule has 0 bridgehead atoms. The number of carbonyl (C=O) groups excluding carboxylic acids is 1. The Bertz CT molecular complexity index is 357. The molecular formula is C24H49NO2S. The zero-order valence-electron chi connectivity index (χ0n) is 19.4. The van der Waals surface area contributed by atoms with Crippen LogP contribution in [0.5, 0.6) is 0 Å². The van der Waals surface area contributed by atoms with Crippen LogP contribution < -0.4 is 5.73 Å². The summed E-state index contributed by atoms with van der Waals surface area (Å²) in [4.78, 5) is 13.0. The third-order valence-corrected chi connectivity index (χ3v) is 4.96. The fraction of sp³-hybridized carbons (Fsp3) is 0.792. The van der Waals surface area contributed by atoms with E-state index in [4.69, 9.17) is 17.4 Å². The SMILES string of the molecule is C=C.CCCCCCCC/C(CC(=O)OCC)=C(/S)CCCCCCC.CN. The second-order valence-corrected chi connectivity index (χ2v) is 7.25. The summed E-state index contributed by atoms with van der Waals surface area (Å²) in [5.74, 6) is -0.101. The van der Waals surface area contributed by atoms with Gasteiger partial charge in [-0.15, -0.1) is 25.8 Å². The molecule has 3 nitrogen and oxygen atoms in total. The van der Waals surface area contributed by atoms with Crippen LogP contribution in [0.2, 0.25) is 0 Å².